The molecule has 2 aromatic rings. The highest BCUT2D eigenvalue weighted by molar-refractivity contribution is 7.09. The zero-order chi connectivity index (χ0) is 16.5. The van der Waals surface area contributed by atoms with Gasteiger partial charge >= 0.3 is 0 Å². The molecule has 0 amide bonds. The molecule has 124 valence electrons. The van der Waals surface area contributed by atoms with Gasteiger partial charge in [-0.2, -0.15) is 0 Å². The molecule has 2 rings (SSSR count). The molecule has 0 bridgehead atoms. The van der Waals surface area contributed by atoms with Crippen molar-refractivity contribution >= 4 is 17.3 Å². The average Bonchev–Trinajstić information content (AvgIpc) is 3.06. The summed E-state index contributed by atoms with van der Waals surface area (Å²) in [6, 6.07) is 12.3. The average molecular weight is 331 g/mol. The first-order valence-corrected chi connectivity index (χ1v) is 8.75. The van der Waals surface area contributed by atoms with Crippen LogP contribution in [-0.2, 0) is 6.42 Å². The Morgan fingerprint density at radius 1 is 1.22 bits per heavy atom. The van der Waals surface area contributed by atoms with Crippen LogP contribution in [0.2, 0.25) is 0 Å². The van der Waals surface area contributed by atoms with Crippen LogP contribution >= 0.6 is 11.3 Å². The minimum Gasteiger partial charge on any atom is -0.489 e. The van der Waals surface area contributed by atoms with E-state index < -0.39 is 0 Å². The third-order valence-corrected chi connectivity index (χ3v) is 4.32. The molecule has 1 heterocycles. The fourth-order valence-electron chi connectivity index (χ4n) is 2.11. The lowest BCUT2D eigenvalue weighted by atomic mass is 10.2. The van der Waals surface area contributed by atoms with Gasteiger partial charge in [-0.15, -0.1) is 11.3 Å². The number of ether oxygens (including phenoxy) is 1. The van der Waals surface area contributed by atoms with Crippen molar-refractivity contribution in [1.29, 1.82) is 0 Å². The van der Waals surface area contributed by atoms with Crippen LogP contribution in [0, 0.1) is 6.92 Å². The first-order chi connectivity index (χ1) is 11.2. The second-order valence-electron chi connectivity index (χ2n) is 5.45. The van der Waals surface area contributed by atoms with Gasteiger partial charge in [-0.3, -0.25) is 4.99 Å². The van der Waals surface area contributed by atoms with E-state index in [4.69, 9.17) is 4.74 Å². The summed E-state index contributed by atoms with van der Waals surface area (Å²) >= 11 is 1.78. The Kier molecular flexibility index (Phi) is 6.94. The summed E-state index contributed by atoms with van der Waals surface area (Å²) < 4.78 is 5.88. The molecule has 1 aromatic carbocycles. The normalized spacial score (nSPS) is 12.7. The van der Waals surface area contributed by atoms with E-state index in [0.717, 1.165) is 24.7 Å². The first-order valence-electron chi connectivity index (χ1n) is 7.87. The lowest BCUT2D eigenvalue weighted by Gasteiger charge is -2.17. The van der Waals surface area contributed by atoms with Gasteiger partial charge in [-0.25, -0.2) is 0 Å². The van der Waals surface area contributed by atoms with Crippen LogP contribution in [-0.4, -0.2) is 32.2 Å². The number of nitrogens with one attached hydrogen (secondary N) is 2. The Morgan fingerprint density at radius 2 is 2.00 bits per heavy atom. The molecule has 0 saturated heterocycles. The number of hydrogen-bond acceptors (Lipinski definition) is 3. The standard InChI is InChI=1S/C18H25N3OS/c1-14-6-8-16(9-7-14)22-15(2)13-21-18(19-3)20-11-10-17-5-4-12-23-17/h4-9,12,15H,10-11,13H2,1-3H3,(H2,19,20,21). The number of thiophene rings is 1. The van der Waals surface area contributed by atoms with E-state index in [0.29, 0.717) is 6.54 Å². The van der Waals surface area contributed by atoms with Crippen LogP contribution in [0.15, 0.2) is 46.8 Å². The molecule has 1 aromatic heterocycles. The van der Waals surface area contributed by atoms with E-state index in [-0.39, 0.29) is 6.10 Å². The molecular weight excluding hydrogens is 306 g/mol. The molecule has 4 nitrogen and oxygen atoms in total. The molecular formula is C18H25N3OS. The lowest BCUT2D eigenvalue weighted by molar-refractivity contribution is 0.224. The summed E-state index contributed by atoms with van der Waals surface area (Å²) in [5, 5.41) is 8.73. The monoisotopic (exact) mass is 331 g/mol. The van der Waals surface area contributed by atoms with Gasteiger partial charge in [0.2, 0.25) is 0 Å². The van der Waals surface area contributed by atoms with Crippen molar-refractivity contribution in [3.63, 3.8) is 0 Å². The Balaban J connectivity index is 1.68. The maximum Gasteiger partial charge on any atom is 0.191 e. The molecule has 0 aliphatic heterocycles. The molecule has 0 saturated carbocycles. The maximum atomic E-state index is 5.88. The summed E-state index contributed by atoms with van der Waals surface area (Å²) in [4.78, 5) is 5.62. The van der Waals surface area contributed by atoms with Gasteiger partial charge in [-0.1, -0.05) is 23.8 Å². The van der Waals surface area contributed by atoms with Crippen molar-refractivity contribution < 1.29 is 4.74 Å². The quantitative estimate of drug-likeness (QED) is 0.605. The number of hydrogen-bond donors (Lipinski definition) is 2. The second kappa shape index (κ2) is 9.20. The minimum atomic E-state index is 0.0635. The number of guanidine groups is 1. The van der Waals surface area contributed by atoms with Gasteiger partial charge in [0.25, 0.3) is 0 Å². The molecule has 1 atom stereocenters. The summed E-state index contributed by atoms with van der Waals surface area (Å²) in [5.74, 6) is 1.70. The van der Waals surface area contributed by atoms with Gasteiger partial charge in [0.15, 0.2) is 5.96 Å². The topological polar surface area (TPSA) is 45.7 Å². The van der Waals surface area contributed by atoms with Crippen molar-refractivity contribution in [3.8, 4) is 5.75 Å². The Labute approximate surface area is 142 Å². The largest absolute Gasteiger partial charge is 0.489 e. The predicted octanol–water partition coefficient (Wildman–Crippen LogP) is 3.23. The SMILES string of the molecule is CN=C(NCCc1cccs1)NCC(C)Oc1ccc(C)cc1. The van der Waals surface area contributed by atoms with Crippen LogP contribution in [0.3, 0.4) is 0 Å². The number of aryl methyl sites for hydroxylation is 1. The van der Waals surface area contributed by atoms with Crippen molar-refractivity contribution in [2.45, 2.75) is 26.4 Å². The minimum absolute atomic E-state index is 0.0635. The summed E-state index contributed by atoms with van der Waals surface area (Å²) in [6.07, 6.45) is 1.07. The van der Waals surface area contributed by atoms with E-state index in [2.05, 4.69) is 52.2 Å². The third kappa shape index (κ3) is 6.32. The summed E-state index contributed by atoms with van der Waals surface area (Å²) in [7, 11) is 1.78. The van der Waals surface area contributed by atoms with Crippen molar-refractivity contribution in [1.82, 2.24) is 10.6 Å². The Hall–Kier alpha value is -2.01. The fourth-order valence-corrected chi connectivity index (χ4v) is 2.82. The highest BCUT2D eigenvalue weighted by Gasteiger charge is 2.05. The van der Waals surface area contributed by atoms with Gasteiger partial charge in [0.1, 0.15) is 11.9 Å². The van der Waals surface area contributed by atoms with Crippen LogP contribution in [0.4, 0.5) is 0 Å². The van der Waals surface area contributed by atoms with E-state index >= 15 is 0 Å². The van der Waals surface area contributed by atoms with Crippen LogP contribution in [0.1, 0.15) is 17.4 Å². The van der Waals surface area contributed by atoms with E-state index in [1.165, 1.54) is 10.4 Å². The molecule has 0 spiro atoms. The molecule has 0 fully saturated rings. The Morgan fingerprint density at radius 3 is 2.65 bits per heavy atom. The third-order valence-electron chi connectivity index (χ3n) is 3.38. The van der Waals surface area contributed by atoms with Crippen molar-refractivity contribution in [3.05, 3.63) is 52.2 Å². The first kappa shape index (κ1) is 17.3. The zero-order valence-electron chi connectivity index (χ0n) is 14.0. The van der Waals surface area contributed by atoms with Crippen LogP contribution in [0.25, 0.3) is 0 Å². The fraction of sp³-hybridized carbons (Fsp3) is 0.389. The maximum absolute atomic E-state index is 5.88. The predicted molar refractivity (Wildman–Crippen MR) is 98.7 cm³/mol. The molecule has 23 heavy (non-hydrogen) atoms. The number of benzene rings is 1. The smallest absolute Gasteiger partial charge is 0.191 e. The van der Waals surface area contributed by atoms with Crippen molar-refractivity contribution in [2.24, 2.45) is 4.99 Å². The van der Waals surface area contributed by atoms with E-state index in [9.17, 15) is 0 Å². The highest BCUT2D eigenvalue weighted by Crippen LogP contribution is 2.13. The van der Waals surface area contributed by atoms with Crippen LogP contribution in [0.5, 0.6) is 5.75 Å². The lowest BCUT2D eigenvalue weighted by Crippen LogP contribution is -2.42. The number of rotatable bonds is 7. The molecule has 0 aliphatic carbocycles. The van der Waals surface area contributed by atoms with Gasteiger partial charge < -0.3 is 15.4 Å². The highest BCUT2D eigenvalue weighted by atomic mass is 32.1. The van der Waals surface area contributed by atoms with Gasteiger partial charge in [0, 0.05) is 18.5 Å². The molecule has 2 N–H and O–H groups in total. The van der Waals surface area contributed by atoms with Crippen LogP contribution < -0.4 is 15.4 Å². The second-order valence-corrected chi connectivity index (χ2v) is 6.48. The molecule has 0 radical (unpaired) electrons. The zero-order valence-corrected chi connectivity index (χ0v) is 14.8. The Bertz CT molecular complexity index is 593. The summed E-state index contributed by atoms with van der Waals surface area (Å²) in [5.41, 5.74) is 1.23. The van der Waals surface area contributed by atoms with E-state index in [1.54, 1.807) is 18.4 Å². The van der Waals surface area contributed by atoms with E-state index in [1.807, 2.05) is 19.1 Å². The van der Waals surface area contributed by atoms with Gasteiger partial charge in [0.05, 0.1) is 6.54 Å². The van der Waals surface area contributed by atoms with Gasteiger partial charge in [-0.05, 0) is 43.8 Å². The molecule has 5 heteroatoms. The van der Waals surface area contributed by atoms with Crippen molar-refractivity contribution in [2.75, 3.05) is 20.1 Å². The summed E-state index contributed by atoms with van der Waals surface area (Å²) in [6.45, 7) is 5.69. The molecule has 0 aliphatic rings. The molecule has 1 unspecified atom stereocenters. The number of nitrogens with zero attached hydrogens (tertiary/aromatic N) is 1. The number of aliphatic imine (C=N–C) groups is 1.